The fourth-order valence-corrected chi connectivity index (χ4v) is 4.02. The van der Waals surface area contributed by atoms with Crippen molar-refractivity contribution in [1.82, 2.24) is 19.9 Å². The molecule has 0 radical (unpaired) electrons. The van der Waals surface area contributed by atoms with E-state index in [2.05, 4.69) is 5.32 Å². The predicted molar refractivity (Wildman–Crippen MR) is 122 cm³/mol. The van der Waals surface area contributed by atoms with Crippen molar-refractivity contribution >= 4 is 33.9 Å². The van der Waals surface area contributed by atoms with Crippen LogP contribution in [0.1, 0.15) is 16.1 Å². The number of amides is 1. The number of halogens is 1. The molecule has 0 saturated carbocycles. The summed E-state index contributed by atoms with van der Waals surface area (Å²) in [6, 6.07) is 12.8. The average molecular weight is 459 g/mol. The Balaban J connectivity index is 1.56. The molecular weight excluding hydrogens is 441 g/mol. The lowest BCUT2D eigenvalue weighted by Gasteiger charge is -2.18. The van der Waals surface area contributed by atoms with Crippen LogP contribution in [0, 0.1) is 5.82 Å². The SMILES string of the molecule is Nc1c(C(=O)NCc2ccco2)c2nc3cc4c(cc3nc2n1-c1cccc(F)c1)OCCO4. The van der Waals surface area contributed by atoms with E-state index in [9.17, 15) is 9.18 Å². The van der Waals surface area contributed by atoms with E-state index >= 15 is 0 Å². The van der Waals surface area contributed by atoms with Crippen molar-refractivity contribution in [2.24, 2.45) is 0 Å². The lowest BCUT2D eigenvalue weighted by molar-refractivity contribution is 0.0950. The number of nitrogens with one attached hydrogen (secondary N) is 1. The maximum atomic E-state index is 14.1. The molecule has 3 aromatic heterocycles. The van der Waals surface area contributed by atoms with Gasteiger partial charge in [0.2, 0.25) is 0 Å². The minimum absolute atomic E-state index is 0.0881. The number of carbonyl (C=O) groups excluding carboxylic acids is 1. The Morgan fingerprint density at radius 1 is 1.06 bits per heavy atom. The van der Waals surface area contributed by atoms with Crippen molar-refractivity contribution in [2.75, 3.05) is 18.9 Å². The number of nitrogens with two attached hydrogens (primary N) is 1. The third-order valence-electron chi connectivity index (χ3n) is 5.55. The molecular formula is C24H18FN5O4. The average Bonchev–Trinajstić information content (AvgIpc) is 3.45. The lowest BCUT2D eigenvalue weighted by Crippen LogP contribution is -2.23. The minimum atomic E-state index is -0.458. The zero-order valence-corrected chi connectivity index (χ0v) is 17.7. The van der Waals surface area contributed by atoms with Crippen LogP contribution in [-0.4, -0.2) is 33.7 Å². The van der Waals surface area contributed by atoms with Crippen molar-refractivity contribution < 1.29 is 23.1 Å². The molecule has 34 heavy (non-hydrogen) atoms. The molecule has 0 saturated heterocycles. The van der Waals surface area contributed by atoms with E-state index in [0.717, 1.165) is 0 Å². The second-order valence-electron chi connectivity index (χ2n) is 7.72. The number of anilines is 1. The van der Waals surface area contributed by atoms with Crippen LogP contribution in [0.25, 0.3) is 27.9 Å². The van der Waals surface area contributed by atoms with Gasteiger partial charge in [0, 0.05) is 12.1 Å². The highest BCUT2D eigenvalue weighted by Gasteiger charge is 2.26. The molecule has 0 aliphatic carbocycles. The molecule has 4 heterocycles. The Morgan fingerprint density at radius 2 is 1.82 bits per heavy atom. The summed E-state index contributed by atoms with van der Waals surface area (Å²) in [5.41, 5.74) is 8.64. The number of hydrogen-bond donors (Lipinski definition) is 2. The van der Waals surface area contributed by atoms with Crippen LogP contribution < -0.4 is 20.5 Å². The van der Waals surface area contributed by atoms with Crippen LogP contribution in [0.5, 0.6) is 11.5 Å². The second kappa shape index (κ2) is 7.77. The largest absolute Gasteiger partial charge is 0.486 e. The quantitative estimate of drug-likeness (QED) is 0.422. The third kappa shape index (κ3) is 3.27. The van der Waals surface area contributed by atoms with Gasteiger partial charge in [0.05, 0.1) is 29.5 Å². The van der Waals surface area contributed by atoms with Crippen molar-refractivity contribution in [3.05, 3.63) is 71.9 Å². The first-order valence-corrected chi connectivity index (χ1v) is 10.6. The molecule has 0 bridgehead atoms. The maximum absolute atomic E-state index is 14.1. The molecule has 2 aromatic carbocycles. The van der Waals surface area contributed by atoms with Gasteiger partial charge in [-0.3, -0.25) is 9.36 Å². The van der Waals surface area contributed by atoms with Crippen LogP contribution in [0.2, 0.25) is 0 Å². The molecule has 0 unspecified atom stereocenters. The summed E-state index contributed by atoms with van der Waals surface area (Å²) in [5.74, 6) is 0.872. The first kappa shape index (κ1) is 20.0. The van der Waals surface area contributed by atoms with Gasteiger partial charge < -0.3 is 24.9 Å². The van der Waals surface area contributed by atoms with Gasteiger partial charge in [-0.05, 0) is 30.3 Å². The van der Waals surface area contributed by atoms with Crippen molar-refractivity contribution in [3.8, 4) is 17.2 Å². The number of ether oxygens (including phenoxy) is 2. The highest BCUT2D eigenvalue weighted by Crippen LogP contribution is 2.36. The third-order valence-corrected chi connectivity index (χ3v) is 5.55. The van der Waals surface area contributed by atoms with Gasteiger partial charge >= 0.3 is 0 Å². The molecule has 170 valence electrons. The zero-order chi connectivity index (χ0) is 23.2. The molecule has 0 fully saturated rings. The minimum Gasteiger partial charge on any atom is -0.486 e. The summed E-state index contributed by atoms with van der Waals surface area (Å²) in [5, 5.41) is 2.80. The fourth-order valence-electron chi connectivity index (χ4n) is 4.02. The first-order valence-electron chi connectivity index (χ1n) is 10.6. The van der Waals surface area contributed by atoms with E-state index < -0.39 is 11.7 Å². The molecule has 5 aromatic rings. The number of nitrogens with zero attached hydrogens (tertiary/aromatic N) is 3. The van der Waals surface area contributed by atoms with Crippen molar-refractivity contribution in [1.29, 1.82) is 0 Å². The fraction of sp³-hybridized carbons (Fsp3) is 0.125. The molecule has 0 spiro atoms. The van der Waals surface area contributed by atoms with Crippen LogP contribution in [0.3, 0.4) is 0 Å². The number of fused-ring (bicyclic) bond motifs is 3. The highest BCUT2D eigenvalue weighted by molar-refractivity contribution is 6.11. The Hall–Kier alpha value is -4.60. The predicted octanol–water partition coefficient (Wildman–Crippen LogP) is 3.59. The molecule has 6 rings (SSSR count). The van der Waals surface area contributed by atoms with Crippen molar-refractivity contribution in [2.45, 2.75) is 6.54 Å². The number of benzene rings is 2. The normalized spacial score (nSPS) is 12.9. The van der Waals surface area contributed by atoms with Gasteiger partial charge in [0.25, 0.3) is 5.91 Å². The van der Waals surface area contributed by atoms with E-state index in [1.807, 2.05) is 0 Å². The highest BCUT2D eigenvalue weighted by atomic mass is 19.1. The Kier molecular flexibility index (Phi) is 4.58. The molecule has 0 atom stereocenters. The molecule has 10 heteroatoms. The first-order chi connectivity index (χ1) is 16.6. The van der Waals surface area contributed by atoms with Crippen LogP contribution in [0.4, 0.5) is 10.2 Å². The Labute approximate surface area is 191 Å². The second-order valence-corrected chi connectivity index (χ2v) is 7.72. The topological polar surface area (TPSA) is 117 Å². The van der Waals surface area contributed by atoms with Crippen LogP contribution in [0.15, 0.2) is 59.2 Å². The Bertz CT molecular complexity index is 1560. The molecule has 1 aliphatic heterocycles. The standard InChI is InChI=1S/C24H18FN5O4/c25-13-3-1-4-14(9-13)30-22(26)20(24(31)27-12-15-5-2-6-32-15)21-23(30)29-17-11-19-18(10-16(17)28-21)33-7-8-34-19/h1-6,9-11H,7-8,12,26H2,(H,27,31). The van der Waals surface area contributed by atoms with Crippen LogP contribution in [-0.2, 0) is 6.54 Å². The summed E-state index contributed by atoms with van der Waals surface area (Å²) >= 11 is 0. The van der Waals surface area contributed by atoms with Crippen LogP contribution >= 0.6 is 0 Å². The number of rotatable bonds is 4. The molecule has 1 amide bonds. The smallest absolute Gasteiger partial charge is 0.257 e. The monoisotopic (exact) mass is 459 g/mol. The summed E-state index contributed by atoms with van der Waals surface area (Å²) in [4.78, 5) is 22.7. The number of hydrogen-bond acceptors (Lipinski definition) is 7. The molecule has 9 nitrogen and oxygen atoms in total. The summed E-state index contributed by atoms with van der Waals surface area (Å²) in [7, 11) is 0. The van der Waals surface area contributed by atoms with Gasteiger partial charge in [0.1, 0.15) is 41.7 Å². The van der Waals surface area contributed by atoms with E-state index in [-0.39, 0.29) is 23.4 Å². The number of furan rings is 1. The van der Waals surface area contributed by atoms with E-state index in [1.165, 1.54) is 23.0 Å². The van der Waals surface area contributed by atoms with Gasteiger partial charge in [-0.25, -0.2) is 14.4 Å². The number of aromatic nitrogens is 3. The molecule has 1 aliphatic rings. The number of nitrogen functional groups attached to an aromatic ring is 1. The van der Waals surface area contributed by atoms with Gasteiger partial charge in [-0.2, -0.15) is 0 Å². The van der Waals surface area contributed by atoms with Gasteiger partial charge in [0.15, 0.2) is 17.1 Å². The maximum Gasteiger partial charge on any atom is 0.257 e. The summed E-state index contributed by atoms with van der Waals surface area (Å²) in [6.45, 7) is 1.02. The Morgan fingerprint density at radius 3 is 2.53 bits per heavy atom. The zero-order valence-electron chi connectivity index (χ0n) is 17.7. The summed E-state index contributed by atoms with van der Waals surface area (Å²) < 4.78 is 32.2. The van der Waals surface area contributed by atoms with Gasteiger partial charge in [-0.15, -0.1) is 0 Å². The number of carbonyl (C=O) groups is 1. The van der Waals surface area contributed by atoms with Gasteiger partial charge in [-0.1, -0.05) is 6.07 Å². The summed E-state index contributed by atoms with van der Waals surface area (Å²) in [6.07, 6.45) is 1.52. The van der Waals surface area contributed by atoms with Crippen molar-refractivity contribution in [3.63, 3.8) is 0 Å². The van der Waals surface area contributed by atoms with E-state index in [4.69, 9.17) is 29.6 Å². The van der Waals surface area contributed by atoms with E-state index in [0.29, 0.717) is 52.8 Å². The molecule has 3 N–H and O–H groups in total. The van der Waals surface area contributed by atoms with E-state index in [1.54, 1.807) is 36.4 Å². The lowest BCUT2D eigenvalue weighted by atomic mass is 10.2.